The Bertz CT molecular complexity index is 858. The van der Waals surface area contributed by atoms with Gasteiger partial charge in [0.25, 0.3) is 0 Å². The number of alkyl halides is 1. The van der Waals surface area contributed by atoms with Crippen LogP contribution >= 0.6 is 11.6 Å². The van der Waals surface area contributed by atoms with Gasteiger partial charge in [0.15, 0.2) is 5.76 Å². The van der Waals surface area contributed by atoms with Crippen molar-refractivity contribution in [3.05, 3.63) is 65.2 Å². The number of ether oxygens (including phenoxy) is 2. The van der Waals surface area contributed by atoms with Gasteiger partial charge in [-0.2, -0.15) is 0 Å². The number of Topliss-reactive ketones (excluding diaryl/α,β-unsaturated/α-hetero) is 1. The van der Waals surface area contributed by atoms with Gasteiger partial charge in [0.2, 0.25) is 5.78 Å². The molecule has 0 radical (unpaired) electrons. The molecule has 0 bridgehead atoms. The van der Waals surface area contributed by atoms with Gasteiger partial charge in [0, 0.05) is 6.07 Å². The minimum absolute atomic E-state index is 0.0739. The number of esters is 1. The highest BCUT2D eigenvalue weighted by molar-refractivity contribution is 6.29. The Balaban J connectivity index is 1.86. The molecule has 24 heavy (non-hydrogen) atoms. The molecule has 2 aromatic rings. The maximum Gasteiger partial charge on any atom is 0.329 e. The van der Waals surface area contributed by atoms with Crippen LogP contribution in [-0.4, -0.2) is 17.1 Å². The van der Waals surface area contributed by atoms with Gasteiger partial charge in [-0.25, -0.2) is 4.39 Å². The van der Waals surface area contributed by atoms with Crippen LogP contribution in [0.15, 0.2) is 48.2 Å². The molecular weight excluding hydrogens is 335 g/mol. The minimum atomic E-state index is -0.788. The summed E-state index contributed by atoms with van der Waals surface area (Å²) < 4.78 is 23.8. The number of carbonyl (C=O) groups is 2. The molecule has 0 spiro atoms. The number of allylic oxidation sites excluding steroid dienone is 1. The van der Waals surface area contributed by atoms with E-state index >= 15 is 0 Å². The minimum Gasteiger partial charge on any atom is -0.452 e. The van der Waals surface area contributed by atoms with Crippen molar-refractivity contribution in [3.63, 3.8) is 0 Å². The monoisotopic (exact) mass is 346 g/mol. The third-order valence-electron chi connectivity index (χ3n) is 3.33. The summed E-state index contributed by atoms with van der Waals surface area (Å²) in [5.41, 5.74) is 0.852. The Labute approximate surface area is 142 Å². The predicted octanol–water partition coefficient (Wildman–Crippen LogP) is 3.97. The number of fused-ring (bicyclic) bond motifs is 1. The van der Waals surface area contributed by atoms with Crippen molar-refractivity contribution in [2.45, 2.75) is 12.3 Å². The topological polar surface area (TPSA) is 52.6 Å². The van der Waals surface area contributed by atoms with E-state index in [-0.39, 0.29) is 23.0 Å². The van der Waals surface area contributed by atoms with Crippen LogP contribution in [0, 0.1) is 5.82 Å². The lowest BCUT2D eigenvalue weighted by molar-refractivity contribution is -0.133. The highest BCUT2D eigenvalue weighted by Gasteiger charge is 2.28. The van der Waals surface area contributed by atoms with E-state index in [2.05, 4.69) is 0 Å². The summed E-state index contributed by atoms with van der Waals surface area (Å²) in [7, 11) is 0. The van der Waals surface area contributed by atoms with Gasteiger partial charge in [-0.05, 0) is 42.8 Å². The molecule has 1 aliphatic heterocycles. The lowest BCUT2D eigenvalue weighted by Gasteiger charge is -2.06. The molecule has 0 N–H and O–H groups in total. The number of hydrogen-bond acceptors (Lipinski definition) is 4. The van der Waals surface area contributed by atoms with Gasteiger partial charge in [-0.15, -0.1) is 11.6 Å². The Hall–Kier alpha value is -2.66. The van der Waals surface area contributed by atoms with Crippen molar-refractivity contribution in [2.75, 3.05) is 0 Å². The number of rotatable bonds is 3. The maximum atomic E-state index is 13.2. The molecule has 0 saturated heterocycles. The second kappa shape index (κ2) is 6.45. The maximum absolute atomic E-state index is 13.2. The number of ketones is 1. The summed E-state index contributed by atoms with van der Waals surface area (Å²) in [5.74, 6) is -0.753. The van der Waals surface area contributed by atoms with E-state index in [1.54, 1.807) is 12.1 Å². The van der Waals surface area contributed by atoms with Crippen LogP contribution in [0.2, 0.25) is 0 Å². The molecule has 0 saturated carbocycles. The summed E-state index contributed by atoms with van der Waals surface area (Å²) in [6.07, 6.45) is 1.46. The first kappa shape index (κ1) is 16.2. The zero-order valence-electron chi connectivity index (χ0n) is 12.6. The number of hydrogen-bond donors (Lipinski definition) is 0. The normalized spacial score (nSPS) is 15.8. The van der Waals surface area contributed by atoms with Gasteiger partial charge in [-0.1, -0.05) is 12.1 Å². The number of benzene rings is 2. The number of carbonyl (C=O) groups excluding carboxylic acids is 2. The zero-order valence-corrected chi connectivity index (χ0v) is 13.3. The van der Waals surface area contributed by atoms with E-state index in [0.717, 1.165) is 0 Å². The smallest absolute Gasteiger partial charge is 0.329 e. The largest absolute Gasteiger partial charge is 0.452 e. The van der Waals surface area contributed by atoms with Crippen LogP contribution in [-0.2, 0) is 4.79 Å². The third-order valence-corrected chi connectivity index (χ3v) is 3.51. The summed E-state index contributed by atoms with van der Waals surface area (Å²) in [6.45, 7) is 1.50. The molecule has 122 valence electrons. The highest BCUT2D eigenvalue weighted by Crippen LogP contribution is 2.35. The van der Waals surface area contributed by atoms with Crippen molar-refractivity contribution in [1.29, 1.82) is 0 Å². The van der Waals surface area contributed by atoms with E-state index < -0.39 is 17.2 Å². The third kappa shape index (κ3) is 3.31. The van der Waals surface area contributed by atoms with Crippen molar-refractivity contribution in [3.8, 4) is 11.5 Å². The van der Waals surface area contributed by atoms with E-state index in [0.29, 0.717) is 11.1 Å². The lowest BCUT2D eigenvalue weighted by Crippen LogP contribution is -2.17. The molecule has 1 unspecified atom stereocenters. The first-order valence-electron chi connectivity index (χ1n) is 7.13. The summed E-state index contributed by atoms with van der Waals surface area (Å²) in [4.78, 5) is 23.8. The van der Waals surface area contributed by atoms with Crippen molar-refractivity contribution in [1.82, 2.24) is 0 Å². The highest BCUT2D eigenvalue weighted by atomic mass is 35.5. The fourth-order valence-electron chi connectivity index (χ4n) is 2.18. The average Bonchev–Trinajstić information content (AvgIpc) is 2.83. The molecular formula is C18H12ClFO4. The Kier molecular flexibility index (Phi) is 4.36. The van der Waals surface area contributed by atoms with E-state index in [1.165, 1.54) is 43.3 Å². The standard InChI is InChI=1S/C18H12ClFO4/c1-10(19)18(22)23-13-5-6-14-15(9-13)24-16(17(14)21)8-11-3-2-4-12(20)7-11/h2-10H,1H3/b16-8-. The lowest BCUT2D eigenvalue weighted by atomic mass is 10.1. The van der Waals surface area contributed by atoms with Gasteiger partial charge in [0.1, 0.15) is 22.7 Å². The van der Waals surface area contributed by atoms with E-state index in [9.17, 15) is 14.0 Å². The summed E-state index contributed by atoms with van der Waals surface area (Å²) >= 11 is 5.65. The van der Waals surface area contributed by atoms with E-state index in [4.69, 9.17) is 21.1 Å². The van der Waals surface area contributed by atoms with Gasteiger partial charge in [-0.3, -0.25) is 9.59 Å². The van der Waals surface area contributed by atoms with Crippen LogP contribution in [0.1, 0.15) is 22.8 Å². The predicted molar refractivity (Wildman–Crippen MR) is 86.7 cm³/mol. The summed E-state index contributed by atoms with van der Waals surface area (Å²) in [6, 6.07) is 10.2. The van der Waals surface area contributed by atoms with Crippen LogP contribution in [0.5, 0.6) is 11.5 Å². The molecule has 1 atom stereocenters. The average molecular weight is 347 g/mol. The van der Waals surface area contributed by atoms with Gasteiger partial charge >= 0.3 is 5.97 Å². The molecule has 3 rings (SSSR count). The van der Waals surface area contributed by atoms with Crippen LogP contribution in [0.3, 0.4) is 0 Å². The molecule has 0 aromatic heterocycles. The molecule has 2 aromatic carbocycles. The second-order valence-electron chi connectivity index (χ2n) is 5.19. The number of halogens is 2. The molecule has 0 amide bonds. The molecule has 4 nitrogen and oxygen atoms in total. The summed E-state index contributed by atoms with van der Waals surface area (Å²) in [5, 5.41) is -0.788. The molecule has 6 heteroatoms. The Morgan fingerprint density at radius 2 is 2.08 bits per heavy atom. The van der Waals surface area contributed by atoms with Gasteiger partial charge in [0.05, 0.1) is 5.56 Å². The van der Waals surface area contributed by atoms with Crippen LogP contribution in [0.25, 0.3) is 6.08 Å². The fraction of sp³-hybridized carbons (Fsp3) is 0.111. The molecule has 1 heterocycles. The van der Waals surface area contributed by atoms with Crippen LogP contribution in [0.4, 0.5) is 4.39 Å². The fourth-order valence-corrected chi connectivity index (χ4v) is 2.22. The SMILES string of the molecule is CC(Cl)C(=O)Oc1ccc2c(c1)O/C(=C\c1cccc(F)c1)C2=O. The first-order chi connectivity index (χ1) is 11.4. The second-order valence-corrected chi connectivity index (χ2v) is 5.84. The molecule has 0 fully saturated rings. The Morgan fingerprint density at radius 1 is 1.29 bits per heavy atom. The molecule has 1 aliphatic rings. The van der Waals surface area contributed by atoms with Crippen molar-refractivity contribution < 1.29 is 23.5 Å². The zero-order chi connectivity index (χ0) is 17.3. The van der Waals surface area contributed by atoms with Gasteiger partial charge < -0.3 is 9.47 Å². The first-order valence-corrected chi connectivity index (χ1v) is 7.57. The molecule has 0 aliphatic carbocycles. The van der Waals surface area contributed by atoms with Crippen LogP contribution < -0.4 is 9.47 Å². The quantitative estimate of drug-likeness (QED) is 0.365. The van der Waals surface area contributed by atoms with Crippen molar-refractivity contribution >= 4 is 29.4 Å². The van der Waals surface area contributed by atoms with E-state index in [1.807, 2.05) is 0 Å². The Morgan fingerprint density at radius 3 is 2.79 bits per heavy atom. The van der Waals surface area contributed by atoms with Crippen molar-refractivity contribution in [2.24, 2.45) is 0 Å².